The zero-order chi connectivity index (χ0) is 21.5. The van der Waals surface area contributed by atoms with Crippen LogP contribution in [-0.4, -0.2) is 28.9 Å². The van der Waals surface area contributed by atoms with E-state index in [-0.39, 0.29) is 12.7 Å². The molecule has 0 aromatic carbocycles. The molecule has 1 aromatic rings. The fraction of sp³-hybridized carbons (Fsp3) is 0.769. The van der Waals surface area contributed by atoms with Crippen molar-refractivity contribution < 1.29 is 10.2 Å². The summed E-state index contributed by atoms with van der Waals surface area (Å²) in [6, 6.07) is 2.93. The van der Waals surface area contributed by atoms with Crippen molar-refractivity contribution in [1.82, 2.24) is 0 Å². The van der Waals surface area contributed by atoms with Crippen LogP contribution in [-0.2, 0) is 6.61 Å². The van der Waals surface area contributed by atoms with E-state index < -0.39 is 0 Å². The molecule has 0 saturated heterocycles. The van der Waals surface area contributed by atoms with Gasteiger partial charge in [0, 0.05) is 17.5 Å². The van der Waals surface area contributed by atoms with E-state index in [0.717, 1.165) is 42.5 Å². The molecule has 0 bridgehead atoms. The SMILES string of the molecule is CCCC(CCC)N(CC1CCC(C)CC1)c1cc(C2=CCC(O)CC2)sc1CO. The quantitative estimate of drug-likeness (QED) is 0.428. The molecule has 0 aliphatic heterocycles. The van der Waals surface area contributed by atoms with Crippen molar-refractivity contribution in [3.63, 3.8) is 0 Å². The Labute approximate surface area is 188 Å². The summed E-state index contributed by atoms with van der Waals surface area (Å²) in [4.78, 5) is 5.12. The molecule has 0 spiro atoms. The number of rotatable bonds is 10. The Morgan fingerprint density at radius 2 is 1.80 bits per heavy atom. The number of thiophene rings is 1. The van der Waals surface area contributed by atoms with Crippen LogP contribution in [0.15, 0.2) is 12.1 Å². The fourth-order valence-corrected chi connectivity index (χ4v) is 6.43. The lowest BCUT2D eigenvalue weighted by molar-refractivity contribution is 0.166. The third-order valence-corrected chi connectivity index (χ3v) is 8.40. The number of aliphatic hydroxyl groups is 2. The lowest BCUT2D eigenvalue weighted by atomic mass is 9.82. The Morgan fingerprint density at radius 3 is 2.37 bits per heavy atom. The van der Waals surface area contributed by atoms with Crippen molar-refractivity contribution in [3.8, 4) is 0 Å². The molecule has 1 unspecified atom stereocenters. The van der Waals surface area contributed by atoms with Crippen molar-refractivity contribution in [1.29, 1.82) is 0 Å². The van der Waals surface area contributed by atoms with Crippen molar-refractivity contribution in [2.75, 3.05) is 11.4 Å². The van der Waals surface area contributed by atoms with E-state index in [1.165, 1.54) is 67.5 Å². The monoisotopic (exact) mass is 433 g/mol. The van der Waals surface area contributed by atoms with Crippen LogP contribution in [0.25, 0.3) is 5.57 Å². The van der Waals surface area contributed by atoms with Crippen LogP contribution < -0.4 is 4.90 Å². The summed E-state index contributed by atoms with van der Waals surface area (Å²) in [6.07, 6.45) is 14.9. The van der Waals surface area contributed by atoms with Crippen LogP contribution in [0.1, 0.15) is 101 Å². The molecular weight excluding hydrogens is 390 g/mol. The number of anilines is 1. The summed E-state index contributed by atoms with van der Waals surface area (Å²) in [7, 11) is 0. The first-order chi connectivity index (χ1) is 14.5. The molecule has 1 heterocycles. The van der Waals surface area contributed by atoms with E-state index >= 15 is 0 Å². The van der Waals surface area contributed by atoms with Crippen LogP contribution >= 0.6 is 11.3 Å². The van der Waals surface area contributed by atoms with Gasteiger partial charge in [0.2, 0.25) is 0 Å². The largest absolute Gasteiger partial charge is 0.393 e. The third kappa shape index (κ3) is 6.11. The van der Waals surface area contributed by atoms with Gasteiger partial charge in [-0.3, -0.25) is 0 Å². The van der Waals surface area contributed by atoms with Gasteiger partial charge in [-0.15, -0.1) is 11.3 Å². The number of hydrogen-bond acceptors (Lipinski definition) is 4. The molecule has 2 N–H and O–H groups in total. The Morgan fingerprint density at radius 1 is 1.10 bits per heavy atom. The summed E-state index contributed by atoms with van der Waals surface area (Å²) in [5.74, 6) is 1.66. The maximum atomic E-state index is 10.2. The zero-order valence-electron chi connectivity index (χ0n) is 19.4. The second kappa shape index (κ2) is 11.7. The van der Waals surface area contributed by atoms with E-state index in [1.54, 1.807) is 11.3 Å². The molecule has 3 rings (SSSR count). The Balaban J connectivity index is 1.89. The van der Waals surface area contributed by atoms with Crippen molar-refractivity contribution in [3.05, 3.63) is 21.9 Å². The summed E-state index contributed by atoms with van der Waals surface area (Å²) in [6.45, 7) is 8.26. The Hall–Kier alpha value is -0.840. The summed E-state index contributed by atoms with van der Waals surface area (Å²) < 4.78 is 0. The van der Waals surface area contributed by atoms with Crippen molar-refractivity contribution in [2.45, 2.75) is 110 Å². The van der Waals surface area contributed by atoms with Crippen molar-refractivity contribution >= 4 is 22.6 Å². The smallest absolute Gasteiger partial charge is 0.0795 e. The second-order valence-corrected chi connectivity index (χ2v) is 10.9. The van der Waals surface area contributed by atoms with E-state index in [4.69, 9.17) is 0 Å². The normalized spacial score (nSPS) is 24.9. The van der Waals surface area contributed by atoms with Crippen LogP contribution in [0.2, 0.25) is 0 Å². The molecule has 1 saturated carbocycles. The highest BCUT2D eigenvalue weighted by Gasteiger charge is 2.28. The lowest BCUT2D eigenvalue weighted by Crippen LogP contribution is -2.40. The van der Waals surface area contributed by atoms with Crippen LogP contribution in [0.3, 0.4) is 0 Å². The van der Waals surface area contributed by atoms with E-state index in [2.05, 4.69) is 37.8 Å². The first kappa shape index (κ1) is 23.8. The van der Waals surface area contributed by atoms with Gasteiger partial charge >= 0.3 is 0 Å². The fourth-order valence-electron chi connectivity index (χ4n) is 5.33. The van der Waals surface area contributed by atoms with E-state index in [9.17, 15) is 10.2 Å². The summed E-state index contributed by atoms with van der Waals surface area (Å²) in [5, 5.41) is 20.1. The predicted octanol–water partition coefficient (Wildman–Crippen LogP) is 6.77. The average Bonchev–Trinajstić information content (AvgIpc) is 3.18. The van der Waals surface area contributed by atoms with Crippen molar-refractivity contribution in [2.24, 2.45) is 11.8 Å². The molecule has 2 aliphatic carbocycles. The standard InChI is InChI=1S/C26H43NO2S/c1-4-6-22(7-5-2)27(17-20-10-8-19(3)9-11-20)24-16-25(30-26(24)18-28)21-12-14-23(29)15-13-21/h12,16,19-20,22-23,28-29H,4-11,13-15,17-18H2,1-3H3. The first-order valence-electron chi connectivity index (χ1n) is 12.4. The Kier molecular flexibility index (Phi) is 9.28. The minimum atomic E-state index is -0.186. The van der Waals surface area contributed by atoms with Gasteiger partial charge in [0.15, 0.2) is 0 Å². The predicted molar refractivity (Wildman–Crippen MR) is 130 cm³/mol. The molecule has 2 aliphatic rings. The molecule has 4 heteroatoms. The van der Waals surface area contributed by atoms with Gasteiger partial charge in [0.05, 0.1) is 23.3 Å². The maximum absolute atomic E-state index is 10.2. The minimum Gasteiger partial charge on any atom is -0.393 e. The average molecular weight is 434 g/mol. The molecule has 1 aromatic heterocycles. The third-order valence-electron chi connectivity index (χ3n) is 7.21. The number of aliphatic hydroxyl groups excluding tert-OH is 2. The van der Waals surface area contributed by atoms with Gasteiger partial charge in [0.1, 0.15) is 0 Å². The van der Waals surface area contributed by atoms with E-state index in [0.29, 0.717) is 6.04 Å². The molecule has 1 fully saturated rings. The molecular formula is C26H43NO2S. The summed E-state index contributed by atoms with van der Waals surface area (Å²) in [5.41, 5.74) is 2.65. The van der Waals surface area contributed by atoms with Crippen LogP contribution in [0.5, 0.6) is 0 Å². The van der Waals surface area contributed by atoms with Gasteiger partial charge in [-0.2, -0.15) is 0 Å². The lowest BCUT2D eigenvalue weighted by Gasteiger charge is -2.38. The topological polar surface area (TPSA) is 43.7 Å². The number of nitrogens with zero attached hydrogens (tertiary/aromatic N) is 1. The van der Waals surface area contributed by atoms with Gasteiger partial charge in [-0.1, -0.05) is 52.5 Å². The number of allylic oxidation sites excluding steroid dienone is 1. The maximum Gasteiger partial charge on any atom is 0.0795 e. The molecule has 0 amide bonds. The first-order valence-corrected chi connectivity index (χ1v) is 13.2. The molecule has 0 radical (unpaired) electrons. The summed E-state index contributed by atoms with van der Waals surface area (Å²) >= 11 is 1.77. The highest BCUT2D eigenvalue weighted by molar-refractivity contribution is 7.13. The highest BCUT2D eigenvalue weighted by Crippen LogP contribution is 2.40. The van der Waals surface area contributed by atoms with Crippen LogP contribution in [0.4, 0.5) is 5.69 Å². The van der Waals surface area contributed by atoms with Gasteiger partial charge in [-0.05, 0) is 68.4 Å². The highest BCUT2D eigenvalue weighted by atomic mass is 32.1. The van der Waals surface area contributed by atoms with E-state index in [1.807, 2.05) is 0 Å². The second-order valence-electron chi connectivity index (χ2n) is 9.74. The van der Waals surface area contributed by atoms with Gasteiger partial charge < -0.3 is 15.1 Å². The molecule has 170 valence electrons. The van der Waals surface area contributed by atoms with Crippen LogP contribution in [0, 0.1) is 11.8 Å². The number of hydrogen-bond donors (Lipinski definition) is 2. The zero-order valence-corrected chi connectivity index (χ0v) is 20.2. The minimum absolute atomic E-state index is 0.124. The Bertz CT molecular complexity index is 669. The molecule has 1 atom stereocenters. The van der Waals surface area contributed by atoms with Gasteiger partial charge in [-0.25, -0.2) is 0 Å². The molecule has 30 heavy (non-hydrogen) atoms. The van der Waals surface area contributed by atoms with Gasteiger partial charge in [0.25, 0.3) is 0 Å². The molecule has 3 nitrogen and oxygen atoms in total.